The molecule has 0 atom stereocenters. The molecular formula is C9H8N2O3. The van der Waals surface area contributed by atoms with E-state index in [2.05, 4.69) is 10.3 Å². The second-order valence-corrected chi connectivity index (χ2v) is 2.85. The van der Waals surface area contributed by atoms with Gasteiger partial charge in [0.2, 0.25) is 5.91 Å². The molecule has 0 aliphatic carbocycles. The average molecular weight is 192 g/mol. The summed E-state index contributed by atoms with van der Waals surface area (Å²) >= 11 is 0. The van der Waals surface area contributed by atoms with Crippen LogP contribution in [0.5, 0.6) is 5.75 Å². The summed E-state index contributed by atoms with van der Waals surface area (Å²) in [5.74, 6) is -0.149. The van der Waals surface area contributed by atoms with Gasteiger partial charge in [-0.15, -0.1) is 0 Å². The number of anilines is 1. The Kier molecular flexibility index (Phi) is 1.85. The maximum atomic E-state index is 10.7. The Balaban J connectivity index is 2.46. The molecule has 72 valence electrons. The van der Waals surface area contributed by atoms with Crippen LogP contribution in [0.3, 0.4) is 0 Å². The first-order chi connectivity index (χ1) is 6.65. The summed E-state index contributed by atoms with van der Waals surface area (Å²) in [6.07, 6.45) is 0. The monoisotopic (exact) mass is 192 g/mol. The van der Waals surface area contributed by atoms with Gasteiger partial charge in [0.1, 0.15) is 11.3 Å². The first-order valence-electron chi connectivity index (χ1n) is 4.02. The summed E-state index contributed by atoms with van der Waals surface area (Å²) in [7, 11) is 0. The number of rotatable bonds is 1. The Morgan fingerprint density at radius 1 is 1.57 bits per heavy atom. The minimum absolute atomic E-state index is 0.100. The van der Waals surface area contributed by atoms with Gasteiger partial charge in [-0.1, -0.05) is 0 Å². The van der Waals surface area contributed by atoms with Gasteiger partial charge in [0.05, 0.1) is 0 Å². The number of amides is 1. The van der Waals surface area contributed by atoms with E-state index >= 15 is 0 Å². The molecule has 5 nitrogen and oxygen atoms in total. The number of nitrogens with one attached hydrogen (secondary N) is 1. The number of carbonyl (C=O) groups excluding carboxylic acids is 1. The summed E-state index contributed by atoms with van der Waals surface area (Å²) in [5.41, 5.74) is 1.03. The molecule has 0 saturated heterocycles. The Labute approximate surface area is 79.4 Å². The number of fused-ring (bicyclic) bond motifs is 1. The van der Waals surface area contributed by atoms with Gasteiger partial charge in [-0.2, -0.15) is 4.98 Å². The van der Waals surface area contributed by atoms with E-state index in [1.54, 1.807) is 6.07 Å². The number of oxazole rings is 1. The highest BCUT2D eigenvalue weighted by molar-refractivity contribution is 5.88. The first-order valence-corrected chi connectivity index (χ1v) is 4.02. The third-order valence-electron chi connectivity index (χ3n) is 1.65. The lowest BCUT2D eigenvalue weighted by Gasteiger charge is -1.90. The highest BCUT2D eigenvalue weighted by Crippen LogP contribution is 2.22. The number of phenols is 1. The van der Waals surface area contributed by atoms with Gasteiger partial charge in [0, 0.05) is 13.0 Å². The third kappa shape index (κ3) is 1.52. The number of hydrogen-bond donors (Lipinski definition) is 2. The Morgan fingerprint density at radius 3 is 3.07 bits per heavy atom. The molecule has 1 heterocycles. The van der Waals surface area contributed by atoms with E-state index in [4.69, 9.17) is 9.52 Å². The van der Waals surface area contributed by atoms with E-state index in [0.29, 0.717) is 11.1 Å². The van der Waals surface area contributed by atoms with Gasteiger partial charge in [0.25, 0.3) is 0 Å². The predicted octanol–water partition coefficient (Wildman–Crippen LogP) is 1.49. The fourth-order valence-corrected chi connectivity index (χ4v) is 1.12. The lowest BCUT2D eigenvalue weighted by molar-refractivity contribution is -0.114. The van der Waals surface area contributed by atoms with Gasteiger partial charge in [-0.05, 0) is 12.1 Å². The van der Waals surface area contributed by atoms with Crippen LogP contribution in [-0.4, -0.2) is 16.0 Å². The summed E-state index contributed by atoms with van der Waals surface area (Å²) < 4.78 is 5.16. The molecule has 0 fully saturated rings. The Morgan fingerprint density at radius 2 is 2.36 bits per heavy atom. The van der Waals surface area contributed by atoms with Crippen LogP contribution in [0.2, 0.25) is 0 Å². The van der Waals surface area contributed by atoms with Crippen LogP contribution in [0.25, 0.3) is 11.1 Å². The van der Waals surface area contributed by atoms with Crippen LogP contribution in [0.4, 0.5) is 6.01 Å². The molecule has 2 N–H and O–H groups in total. The zero-order chi connectivity index (χ0) is 10.1. The van der Waals surface area contributed by atoms with Crippen molar-refractivity contribution < 1.29 is 14.3 Å². The van der Waals surface area contributed by atoms with E-state index in [1.807, 2.05) is 0 Å². The molecule has 0 aliphatic heterocycles. The zero-order valence-electron chi connectivity index (χ0n) is 7.44. The summed E-state index contributed by atoms with van der Waals surface area (Å²) in [6, 6.07) is 4.69. The Hall–Kier alpha value is -2.04. The van der Waals surface area contributed by atoms with Crippen molar-refractivity contribution in [2.75, 3.05) is 5.32 Å². The SMILES string of the molecule is CC(=O)Nc1nc2ccc(O)cc2o1. The van der Waals surface area contributed by atoms with Gasteiger partial charge in [0.15, 0.2) is 5.58 Å². The molecule has 2 aromatic rings. The number of phenolic OH excluding ortho intramolecular Hbond substituents is 1. The molecule has 0 saturated carbocycles. The quantitative estimate of drug-likeness (QED) is 0.717. The number of aromatic nitrogens is 1. The van der Waals surface area contributed by atoms with Crippen molar-refractivity contribution in [3.05, 3.63) is 18.2 Å². The Bertz CT molecular complexity index is 490. The van der Waals surface area contributed by atoms with E-state index in [-0.39, 0.29) is 17.7 Å². The molecule has 1 amide bonds. The lowest BCUT2D eigenvalue weighted by atomic mass is 10.3. The largest absolute Gasteiger partial charge is 0.508 e. The fourth-order valence-electron chi connectivity index (χ4n) is 1.12. The summed E-state index contributed by atoms with van der Waals surface area (Å²) in [4.78, 5) is 14.7. The van der Waals surface area contributed by atoms with Crippen LogP contribution < -0.4 is 5.32 Å². The van der Waals surface area contributed by atoms with Gasteiger partial charge in [-0.3, -0.25) is 10.1 Å². The molecule has 0 aliphatic rings. The van der Waals surface area contributed by atoms with Gasteiger partial charge >= 0.3 is 6.01 Å². The second kappa shape index (κ2) is 3.02. The minimum atomic E-state index is -0.249. The number of benzene rings is 1. The molecule has 0 bridgehead atoms. The minimum Gasteiger partial charge on any atom is -0.508 e. The van der Waals surface area contributed by atoms with Crippen molar-refractivity contribution in [2.24, 2.45) is 0 Å². The van der Waals surface area contributed by atoms with Crippen molar-refractivity contribution in [2.45, 2.75) is 6.92 Å². The summed E-state index contributed by atoms with van der Waals surface area (Å²) in [6.45, 7) is 1.37. The van der Waals surface area contributed by atoms with Crippen molar-refractivity contribution >= 4 is 23.0 Å². The molecule has 0 radical (unpaired) electrons. The van der Waals surface area contributed by atoms with Crippen LogP contribution in [-0.2, 0) is 4.79 Å². The topological polar surface area (TPSA) is 75.4 Å². The van der Waals surface area contributed by atoms with E-state index in [1.165, 1.54) is 19.1 Å². The van der Waals surface area contributed by atoms with Crippen molar-refractivity contribution in [1.82, 2.24) is 4.98 Å². The molecule has 5 heteroatoms. The maximum absolute atomic E-state index is 10.7. The lowest BCUT2D eigenvalue weighted by Crippen LogP contribution is -2.05. The van der Waals surface area contributed by atoms with Crippen molar-refractivity contribution in [3.8, 4) is 5.75 Å². The molecule has 1 aromatic heterocycles. The second-order valence-electron chi connectivity index (χ2n) is 2.85. The van der Waals surface area contributed by atoms with Crippen LogP contribution in [0, 0.1) is 0 Å². The molecule has 2 rings (SSSR count). The summed E-state index contributed by atoms with van der Waals surface area (Å²) in [5, 5.41) is 11.6. The molecule has 1 aromatic carbocycles. The fraction of sp³-hybridized carbons (Fsp3) is 0.111. The number of carbonyl (C=O) groups is 1. The highest BCUT2D eigenvalue weighted by atomic mass is 16.4. The van der Waals surface area contributed by atoms with E-state index in [0.717, 1.165) is 0 Å². The number of hydrogen-bond acceptors (Lipinski definition) is 4. The molecule has 0 unspecified atom stereocenters. The van der Waals surface area contributed by atoms with Gasteiger partial charge < -0.3 is 9.52 Å². The normalized spacial score (nSPS) is 10.4. The van der Waals surface area contributed by atoms with Gasteiger partial charge in [-0.25, -0.2) is 0 Å². The van der Waals surface area contributed by atoms with E-state index < -0.39 is 0 Å². The molecule has 0 spiro atoms. The zero-order valence-corrected chi connectivity index (χ0v) is 7.44. The smallest absolute Gasteiger partial charge is 0.302 e. The molecule has 14 heavy (non-hydrogen) atoms. The van der Waals surface area contributed by atoms with Crippen molar-refractivity contribution in [3.63, 3.8) is 0 Å². The first kappa shape index (κ1) is 8.55. The van der Waals surface area contributed by atoms with Crippen molar-refractivity contribution in [1.29, 1.82) is 0 Å². The average Bonchev–Trinajstić information content (AvgIpc) is 2.44. The highest BCUT2D eigenvalue weighted by Gasteiger charge is 2.06. The van der Waals surface area contributed by atoms with Crippen LogP contribution in [0.1, 0.15) is 6.92 Å². The molecular weight excluding hydrogens is 184 g/mol. The number of nitrogens with zero attached hydrogens (tertiary/aromatic N) is 1. The van der Waals surface area contributed by atoms with Crippen LogP contribution in [0.15, 0.2) is 22.6 Å². The maximum Gasteiger partial charge on any atom is 0.302 e. The van der Waals surface area contributed by atoms with Crippen LogP contribution >= 0.6 is 0 Å². The number of aromatic hydroxyl groups is 1. The third-order valence-corrected chi connectivity index (χ3v) is 1.65. The standard InChI is InChI=1S/C9H8N2O3/c1-5(12)10-9-11-7-3-2-6(13)4-8(7)14-9/h2-4,13H,1H3,(H,10,11,12). The predicted molar refractivity (Wildman–Crippen MR) is 50.0 cm³/mol. The van der Waals surface area contributed by atoms with E-state index in [9.17, 15) is 4.79 Å².